The van der Waals surface area contributed by atoms with Gasteiger partial charge < -0.3 is 9.64 Å². The van der Waals surface area contributed by atoms with Crippen molar-refractivity contribution in [3.8, 4) is 17.0 Å². The molecule has 1 atom stereocenters. The van der Waals surface area contributed by atoms with Crippen LogP contribution in [-0.4, -0.2) is 47.4 Å². The van der Waals surface area contributed by atoms with Crippen LogP contribution in [0.5, 0.6) is 5.75 Å². The predicted molar refractivity (Wildman–Crippen MR) is 125 cm³/mol. The molecule has 7 heteroatoms. The van der Waals surface area contributed by atoms with Crippen molar-refractivity contribution in [2.24, 2.45) is 0 Å². The van der Waals surface area contributed by atoms with E-state index in [1.807, 2.05) is 46.7 Å². The first-order valence-corrected chi connectivity index (χ1v) is 11.8. The largest absolute Gasteiger partial charge is 0.479 e. The maximum Gasteiger partial charge on any atom is 0.268 e. The average molecular weight is 448 g/mol. The van der Waals surface area contributed by atoms with E-state index < -0.39 is 6.10 Å². The van der Waals surface area contributed by atoms with Gasteiger partial charge in [0, 0.05) is 30.5 Å². The van der Waals surface area contributed by atoms with Crippen LogP contribution in [0.25, 0.3) is 11.3 Å². The quantitative estimate of drug-likeness (QED) is 0.590. The second kappa shape index (κ2) is 8.74. The molecule has 6 nitrogen and oxygen atoms in total. The summed E-state index contributed by atoms with van der Waals surface area (Å²) >= 11 is 1.62. The van der Waals surface area contributed by atoms with Crippen LogP contribution in [0.3, 0.4) is 0 Å². The molecule has 0 spiro atoms. The number of amides is 2. The first kappa shape index (κ1) is 20.7. The van der Waals surface area contributed by atoms with Crippen LogP contribution in [0.15, 0.2) is 53.9 Å². The molecule has 1 fully saturated rings. The molecule has 2 aliphatic heterocycles. The molecule has 2 aromatic carbocycles. The lowest BCUT2D eigenvalue weighted by molar-refractivity contribution is -0.132. The van der Waals surface area contributed by atoms with Crippen molar-refractivity contribution >= 4 is 28.8 Å². The third-order valence-corrected chi connectivity index (χ3v) is 6.81. The molecule has 3 aromatic rings. The third kappa shape index (κ3) is 4.12. The topological polar surface area (TPSA) is 62.7 Å². The van der Waals surface area contributed by atoms with E-state index in [4.69, 9.17) is 9.72 Å². The summed E-state index contributed by atoms with van der Waals surface area (Å²) in [5.41, 5.74) is 3.62. The van der Waals surface area contributed by atoms with Crippen LogP contribution in [0.1, 0.15) is 30.3 Å². The van der Waals surface area contributed by atoms with Gasteiger partial charge in [0.1, 0.15) is 12.3 Å². The van der Waals surface area contributed by atoms with E-state index in [2.05, 4.69) is 12.1 Å². The summed E-state index contributed by atoms with van der Waals surface area (Å²) in [5, 5.41) is 3.07. The van der Waals surface area contributed by atoms with Crippen LogP contribution in [0, 0.1) is 0 Å². The summed E-state index contributed by atoms with van der Waals surface area (Å²) in [6.45, 7) is 3.30. The summed E-state index contributed by atoms with van der Waals surface area (Å²) in [5.74, 6) is 0.417. The molecule has 1 saturated heterocycles. The first-order chi connectivity index (χ1) is 15.6. The van der Waals surface area contributed by atoms with Gasteiger partial charge in [-0.25, -0.2) is 4.98 Å². The third-order valence-electron chi connectivity index (χ3n) is 5.97. The van der Waals surface area contributed by atoms with Gasteiger partial charge in [0.2, 0.25) is 5.91 Å². The number of anilines is 1. The number of carbonyl (C=O) groups is 2. The first-order valence-electron chi connectivity index (χ1n) is 11.0. The van der Waals surface area contributed by atoms with E-state index in [0.29, 0.717) is 11.4 Å². The fraction of sp³-hybridized carbons (Fsp3) is 0.320. The fourth-order valence-corrected chi connectivity index (χ4v) is 5.06. The molecule has 5 rings (SSSR count). The smallest absolute Gasteiger partial charge is 0.268 e. The maximum absolute atomic E-state index is 12.9. The summed E-state index contributed by atoms with van der Waals surface area (Å²) in [4.78, 5) is 33.9. The Morgan fingerprint density at radius 3 is 2.72 bits per heavy atom. The summed E-state index contributed by atoms with van der Waals surface area (Å²) in [6.07, 6.45) is 2.22. The monoisotopic (exact) mass is 447 g/mol. The number of ether oxygens (including phenoxy) is 1. The van der Waals surface area contributed by atoms with Crippen molar-refractivity contribution in [2.75, 3.05) is 24.5 Å². The van der Waals surface area contributed by atoms with Crippen molar-refractivity contribution in [1.82, 2.24) is 9.88 Å². The molecule has 2 amide bonds. The number of thiazole rings is 1. The molecule has 0 N–H and O–H groups in total. The Hall–Kier alpha value is -3.19. The van der Waals surface area contributed by atoms with Crippen molar-refractivity contribution in [3.63, 3.8) is 0 Å². The molecule has 32 heavy (non-hydrogen) atoms. The summed E-state index contributed by atoms with van der Waals surface area (Å²) in [6, 6.07) is 16.0. The zero-order valence-corrected chi connectivity index (χ0v) is 18.8. The van der Waals surface area contributed by atoms with E-state index >= 15 is 0 Å². The van der Waals surface area contributed by atoms with Gasteiger partial charge in [0.25, 0.3) is 5.91 Å². The van der Waals surface area contributed by atoms with Gasteiger partial charge >= 0.3 is 0 Å². The predicted octanol–water partition coefficient (Wildman–Crippen LogP) is 4.14. The minimum Gasteiger partial charge on any atom is -0.479 e. The molecule has 1 unspecified atom stereocenters. The van der Waals surface area contributed by atoms with Crippen molar-refractivity contribution < 1.29 is 14.3 Å². The van der Waals surface area contributed by atoms with Gasteiger partial charge in [0.15, 0.2) is 6.10 Å². The van der Waals surface area contributed by atoms with E-state index in [0.717, 1.165) is 48.6 Å². The number of carbonyl (C=O) groups excluding carboxylic acids is 2. The summed E-state index contributed by atoms with van der Waals surface area (Å²) < 4.78 is 5.82. The fourth-order valence-electron chi connectivity index (χ4n) is 4.23. The standard InChI is InChI=1S/C25H25N3O3S/c1-17-25(30)28(15-24(29)27-11-5-6-12-27)21-14-19(9-10-22(21)31-17)20-16-32-23(26-20)13-18-7-3-2-4-8-18/h2-4,7-10,14,16-17H,5-6,11-13,15H2,1H3. The molecule has 1 aromatic heterocycles. The van der Waals surface area contributed by atoms with Gasteiger partial charge in [-0.2, -0.15) is 0 Å². The van der Waals surface area contributed by atoms with Gasteiger partial charge in [0.05, 0.1) is 16.4 Å². The molecular formula is C25H25N3O3S. The molecular weight excluding hydrogens is 422 g/mol. The Kier molecular flexibility index (Phi) is 5.66. The van der Waals surface area contributed by atoms with Gasteiger partial charge in [-0.05, 0) is 43.5 Å². The lowest BCUT2D eigenvalue weighted by Gasteiger charge is -2.33. The number of likely N-dealkylation sites (tertiary alicyclic amines) is 1. The number of hydrogen-bond acceptors (Lipinski definition) is 5. The summed E-state index contributed by atoms with van der Waals surface area (Å²) in [7, 11) is 0. The molecule has 3 heterocycles. The SMILES string of the molecule is CC1Oc2ccc(-c3csc(Cc4ccccc4)n3)cc2N(CC(=O)N2CCCC2)C1=O. The highest BCUT2D eigenvalue weighted by atomic mass is 32.1. The van der Waals surface area contributed by atoms with Crippen LogP contribution in [0.2, 0.25) is 0 Å². The Labute approximate surface area is 191 Å². The molecule has 0 saturated carbocycles. The molecule has 2 aliphatic rings. The van der Waals surface area contributed by atoms with E-state index in [1.54, 1.807) is 23.2 Å². The van der Waals surface area contributed by atoms with Crippen LogP contribution < -0.4 is 9.64 Å². The number of benzene rings is 2. The number of aromatic nitrogens is 1. The van der Waals surface area contributed by atoms with Gasteiger partial charge in [-0.1, -0.05) is 30.3 Å². The minimum atomic E-state index is -0.614. The Balaban J connectivity index is 1.41. The average Bonchev–Trinajstić information content (AvgIpc) is 3.50. The molecule has 0 bridgehead atoms. The van der Waals surface area contributed by atoms with Crippen LogP contribution >= 0.6 is 11.3 Å². The van der Waals surface area contributed by atoms with Crippen molar-refractivity contribution in [3.05, 3.63) is 64.5 Å². The van der Waals surface area contributed by atoms with Gasteiger partial charge in [-0.3, -0.25) is 14.5 Å². The molecule has 164 valence electrons. The van der Waals surface area contributed by atoms with E-state index in [1.165, 1.54) is 5.56 Å². The second-order valence-electron chi connectivity index (χ2n) is 8.24. The van der Waals surface area contributed by atoms with Crippen molar-refractivity contribution in [2.45, 2.75) is 32.3 Å². The number of rotatable bonds is 5. The van der Waals surface area contributed by atoms with E-state index in [-0.39, 0.29) is 18.4 Å². The molecule has 0 radical (unpaired) electrons. The number of hydrogen-bond donors (Lipinski definition) is 0. The highest BCUT2D eigenvalue weighted by Crippen LogP contribution is 2.38. The zero-order chi connectivity index (χ0) is 22.1. The lowest BCUT2D eigenvalue weighted by Crippen LogP contribution is -2.49. The van der Waals surface area contributed by atoms with Gasteiger partial charge in [-0.15, -0.1) is 11.3 Å². The second-order valence-corrected chi connectivity index (χ2v) is 9.19. The normalized spacial score (nSPS) is 17.9. The lowest BCUT2D eigenvalue weighted by atomic mass is 10.1. The number of fused-ring (bicyclic) bond motifs is 1. The minimum absolute atomic E-state index is 0.0138. The molecule has 0 aliphatic carbocycles. The van der Waals surface area contributed by atoms with Crippen molar-refractivity contribution in [1.29, 1.82) is 0 Å². The van der Waals surface area contributed by atoms with Crippen LogP contribution in [0.4, 0.5) is 5.69 Å². The highest BCUT2D eigenvalue weighted by molar-refractivity contribution is 7.10. The maximum atomic E-state index is 12.9. The zero-order valence-electron chi connectivity index (χ0n) is 18.0. The number of nitrogens with zero attached hydrogens (tertiary/aromatic N) is 3. The highest BCUT2D eigenvalue weighted by Gasteiger charge is 2.34. The Bertz CT molecular complexity index is 1140. The van der Waals surface area contributed by atoms with E-state index in [9.17, 15) is 9.59 Å². The van der Waals surface area contributed by atoms with Crippen LogP contribution in [-0.2, 0) is 16.0 Å². The Morgan fingerprint density at radius 1 is 1.16 bits per heavy atom. The Morgan fingerprint density at radius 2 is 1.94 bits per heavy atom.